The molecule has 0 aliphatic carbocycles. The normalized spacial score (nSPS) is 11.4. The summed E-state index contributed by atoms with van der Waals surface area (Å²) < 4.78 is 0. The number of hydrogen-bond acceptors (Lipinski definition) is 1. The maximum atomic E-state index is 11.0. The average molecular weight is 206 g/mol. The Morgan fingerprint density at radius 1 is 1.33 bits per heavy atom. The van der Waals surface area contributed by atoms with E-state index in [1.54, 1.807) is 13.8 Å². The second-order valence-corrected chi connectivity index (χ2v) is 4.54. The first-order valence-corrected chi connectivity index (χ1v) is 5.27. The van der Waals surface area contributed by atoms with Gasteiger partial charge in [-0.15, -0.1) is 0 Å². The zero-order valence-electron chi connectivity index (χ0n) is 9.58. The van der Waals surface area contributed by atoms with Gasteiger partial charge in [-0.2, -0.15) is 0 Å². The number of carboxylic acid groups (broad SMARTS) is 1. The summed E-state index contributed by atoms with van der Waals surface area (Å²) in [6, 6.07) is 8.14. The van der Waals surface area contributed by atoms with Crippen LogP contribution in [-0.2, 0) is 17.6 Å². The predicted octanol–water partition coefficient (Wildman–Crippen LogP) is 2.90. The largest absolute Gasteiger partial charge is 0.481 e. The van der Waals surface area contributed by atoms with E-state index in [9.17, 15) is 4.79 Å². The molecule has 0 radical (unpaired) electrons. The van der Waals surface area contributed by atoms with Crippen molar-refractivity contribution < 1.29 is 9.90 Å². The number of aryl methyl sites for hydroxylation is 1. The molecule has 1 aromatic rings. The predicted molar refractivity (Wildman–Crippen MR) is 60.9 cm³/mol. The molecular weight excluding hydrogens is 188 g/mol. The van der Waals surface area contributed by atoms with Gasteiger partial charge in [0.05, 0.1) is 5.41 Å². The summed E-state index contributed by atoms with van der Waals surface area (Å²) in [7, 11) is 0. The molecule has 15 heavy (non-hydrogen) atoms. The first-order chi connectivity index (χ1) is 6.95. The minimum absolute atomic E-state index is 0.580. The van der Waals surface area contributed by atoms with Crippen molar-refractivity contribution in [2.24, 2.45) is 5.41 Å². The molecule has 0 aromatic heterocycles. The van der Waals surface area contributed by atoms with Crippen LogP contribution in [0.25, 0.3) is 0 Å². The molecule has 0 unspecified atom stereocenters. The Hall–Kier alpha value is -1.31. The molecule has 0 aliphatic rings. The smallest absolute Gasteiger partial charge is 0.309 e. The van der Waals surface area contributed by atoms with Crippen LogP contribution in [0.3, 0.4) is 0 Å². The van der Waals surface area contributed by atoms with Gasteiger partial charge in [0.15, 0.2) is 0 Å². The molecule has 0 amide bonds. The van der Waals surface area contributed by atoms with Crippen LogP contribution in [0.4, 0.5) is 0 Å². The third kappa shape index (κ3) is 3.08. The van der Waals surface area contributed by atoms with Gasteiger partial charge in [0.2, 0.25) is 0 Å². The van der Waals surface area contributed by atoms with Crippen LogP contribution in [0.5, 0.6) is 0 Å². The van der Waals surface area contributed by atoms with E-state index in [2.05, 4.69) is 19.1 Å². The number of hydrogen-bond donors (Lipinski definition) is 1. The molecule has 0 aliphatic heterocycles. The van der Waals surface area contributed by atoms with E-state index >= 15 is 0 Å². The van der Waals surface area contributed by atoms with Crippen LogP contribution in [0.1, 0.15) is 31.9 Å². The summed E-state index contributed by atoms with van der Waals surface area (Å²) in [6.07, 6.45) is 1.57. The lowest BCUT2D eigenvalue weighted by molar-refractivity contribution is -0.146. The number of carboxylic acids is 1. The van der Waals surface area contributed by atoms with E-state index in [1.807, 2.05) is 12.1 Å². The van der Waals surface area contributed by atoms with Crippen LogP contribution >= 0.6 is 0 Å². The second kappa shape index (κ2) is 4.47. The number of carbonyl (C=O) groups is 1. The van der Waals surface area contributed by atoms with Crippen LogP contribution < -0.4 is 0 Å². The Balaban J connectivity index is 2.85. The minimum atomic E-state index is -0.746. The maximum Gasteiger partial charge on any atom is 0.309 e. The second-order valence-electron chi connectivity index (χ2n) is 4.54. The van der Waals surface area contributed by atoms with Gasteiger partial charge in [0.1, 0.15) is 0 Å². The molecular formula is C13H18O2. The average Bonchev–Trinajstić information content (AvgIpc) is 2.17. The zero-order chi connectivity index (χ0) is 11.5. The molecule has 2 nitrogen and oxygen atoms in total. The van der Waals surface area contributed by atoms with Gasteiger partial charge >= 0.3 is 5.97 Å². The highest BCUT2D eigenvalue weighted by molar-refractivity contribution is 5.74. The Bertz CT molecular complexity index is 353. The molecule has 1 N–H and O–H groups in total. The number of rotatable bonds is 4. The molecule has 1 aromatic carbocycles. The van der Waals surface area contributed by atoms with E-state index in [4.69, 9.17) is 5.11 Å². The van der Waals surface area contributed by atoms with Crippen LogP contribution in [0.2, 0.25) is 0 Å². The van der Waals surface area contributed by atoms with Crippen LogP contribution in [0, 0.1) is 5.41 Å². The highest BCUT2D eigenvalue weighted by atomic mass is 16.4. The summed E-state index contributed by atoms with van der Waals surface area (Å²) in [5.41, 5.74) is 1.67. The van der Waals surface area contributed by atoms with E-state index in [0.29, 0.717) is 6.42 Å². The van der Waals surface area contributed by atoms with Crippen LogP contribution in [0.15, 0.2) is 24.3 Å². The third-order valence-electron chi connectivity index (χ3n) is 2.62. The van der Waals surface area contributed by atoms with Crippen molar-refractivity contribution >= 4 is 5.97 Å². The summed E-state index contributed by atoms with van der Waals surface area (Å²) >= 11 is 0. The maximum absolute atomic E-state index is 11.0. The van der Waals surface area contributed by atoms with E-state index < -0.39 is 11.4 Å². The first-order valence-electron chi connectivity index (χ1n) is 5.27. The van der Waals surface area contributed by atoms with Crippen molar-refractivity contribution in [3.63, 3.8) is 0 Å². The van der Waals surface area contributed by atoms with Crippen LogP contribution in [-0.4, -0.2) is 11.1 Å². The monoisotopic (exact) mass is 206 g/mol. The Labute approximate surface area is 90.9 Å². The van der Waals surface area contributed by atoms with E-state index in [-0.39, 0.29) is 0 Å². The molecule has 82 valence electrons. The molecule has 0 atom stereocenters. The van der Waals surface area contributed by atoms with E-state index in [1.165, 1.54) is 5.56 Å². The fourth-order valence-corrected chi connectivity index (χ4v) is 1.55. The minimum Gasteiger partial charge on any atom is -0.481 e. The fourth-order valence-electron chi connectivity index (χ4n) is 1.55. The Morgan fingerprint density at radius 3 is 2.47 bits per heavy atom. The topological polar surface area (TPSA) is 37.3 Å². The summed E-state index contributed by atoms with van der Waals surface area (Å²) in [6.45, 7) is 5.61. The SMILES string of the molecule is CCc1cccc(CC(C)(C)C(=O)O)c1. The highest BCUT2D eigenvalue weighted by Gasteiger charge is 2.27. The van der Waals surface area contributed by atoms with Gasteiger partial charge in [-0.1, -0.05) is 31.2 Å². The molecule has 0 bridgehead atoms. The standard InChI is InChI=1S/C13H18O2/c1-4-10-6-5-7-11(8-10)9-13(2,3)12(14)15/h5-8H,4,9H2,1-3H3,(H,14,15). The van der Waals surface area contributed by atoms with Crippen molar-refractivity contribution in [1.29, 1.82) is 0 Å². The number of aliphatic carboxylic acids is 1. The highest BCUT2D eigenvalue weighted by Crippen LogP contribution is 2.22. The van der Waals surface area contributed by atoms with Gasteiger partial charge in [0, 0.05) is 0 Å². The summed E-state index contributed by atoms with van der Waals surface area (Å²) in [5.74, 6) is -0.746. The van der Waals surface area contributed by atoms with Gasteiger partial charge < -0.3 is 5.11 Å². The van der Waals surface area contributed by atoms with Crippen molar-refractivity contribution in [2.45, 2.75) is 33.6 Å². The molecule has 0 spiro atoms. The Kier molecular flexibility index (Phi) is 3.51. The molecule has 0 fully saturated rings. The van der Waals surface area contributed by atoms with Gasteiger partial charge in [0.25, 0.3) is 0 Å². The van der Waals surface area contributed by atoms with Crippen molar-refractivity contribution in [2.75, 3.05) is 0 Å². The van der Waals surface area contributed by atoms with E-state index in [0.717, 1.165) is 12.0 Å². The quantitative estimate of drug-likeness (QED) is 0.822. The molecule has 2 heteroatoms. The summed E-state index contributed by atoms with van der Waals surface area (Å²) in [4.78, 5) is 11.0. The molecule has 0 saturated heterocycles. The molecule has 1 rings (SSSR count). The van der Waals surface area contributed by atoms with Gasteiger partial charge in [-0.3, -0.25) is 4.79 Å². The molecule has 0 saturated carbocycles. The van der Waals surface area contributed by atoms with Crippen molar-refractivity contribution in [3.8, 4) is 0 Å². The van der Waals surface area contributed by atoms with Crippen molar-refractivity contribution in [1.82, 2.24) is 0 Å². The zero-order valence-corrected chi connectivity index (χ0v) is 9.58. The third-order valence-corrected chi connectivity index (χ3v) is 2.62. The first kappa shape index (κ1) is 11.8. The Morgan fingerprint density at radius 2 is 1.93 bits per heavy atom. The lowest BCUT2D eigenvalue weighted by atomic mass is 9.85. The van der Waals surface area contributed by atoms with Gasteiger partial charge in [-0.05, 0) is 37.8 Å². The van der Waals surface area contributed by atoms with Crippen molar-refractivity contribution in [3.05, 3.63) is 35.4 Å². The fraction of sp³-hybridized carbons (Fsp3) is 0.462. The lowest BCUT2D eigenvalue weighted by Crippen LogP contribution is -2.26. The lowest BCUT2D eigenvalue weighted by Gasteiger charge is -2.19. The van der Waals surface area contributed by atoms with Gasteiger partial charge in [-0.25, -0.2) is 0 Å². The number of benzene rings is 1. The summed E-state index contributed by atoms with van der Waals surface area (Å²) in [5, 5.41) is 9.03. The molecule has 0 heterocycles.